The van der Waals surface area contributed by atoms with Crippen molar-refractivity contribution in [3.05, 3.63) is 35.6 Å². The molecule has 0 aromatic heterocycles. The molecule has 0 amide bonds. The summed E-state index contributed by atoms with van der Waals surface area (Å²) in [5.41, 5.74) is 0.283. The van der Waals surface area contributed by atoms with Crippen molar-refractivity contribution >= 4 is 22.8 Å². The smallest absolute Gasteiger partial charge is 0.305 e. The Bertz CT molecular complexity index is 472. The standard InChI is InChI=1S/C12H12FNO2S/c1-12(6-10(15)16)7-17-11(14-12)8-2-4-9(13)5-3-8/h2-5H,6-7H2,1H3,(H,15,16). The second-order valence-corrected chi connectivity index (χ2v) is 5.24. The van der Waals surface area contributed by atoms with Crippen LogP contribution in [0.15, 0.2) is 29.3 Å². The molecule has 0 bridgehead atoms. The van der Waals surface area contributed by atoms with Crippen LogP contribution in [0.5, 0.6) is 0 Å². The maximum Gasteiger partial charge on any atom is 0.305 e. The second-order valence-electron chi connectivity index (χ2n) is 4.28. The number of carboxylic acids is 1. The Morgan fingerprint density at radius 3 is 2.76 bits per heavy atom. The molecule has 1 atom stereocenters. The third-order valence-corrected chi connectivity index (χ3v) is 3.88. The first-order chi connectivity index (χ1) is 7.98. The van der Waals surface area contributed by atoms with Crippen molar-refractivity contribution in [1.29, 1.82) is 0 Å². The summed E-state index contributed by atoms with van der Waals surface area (Å²) in [6, 6.07) is 6.08. The van der Waals surface area contributed by atoms with Gasteiger partial charge in [-0.25, -0.2) is 4.39 Å². The van der Waals surface area contributed by atoms with E-state index < -0.39 is 11.5 Å². The number of aliphatic imine (C=N–C) groups is 1. The number of thioether (sulfide) groups is 1. The maximum atomic E-state index is 12.8. The second kappa shape index (κ2) is 4.49. The molecular weight excluding hydrogens is 241 g/mol. The average Bonchev–Trinajstić information content (AvgIpc) is 2.60. The predicted molar refractivity (Wildman–Crippen MR) is 66.1 cm³/mol. The molecule has 1 heterocycles. The van der Waals surface area contributed by atoms with Gasteiger partial charge in [0.2, 0.25) is 0 Å². The molecular formula is C12H12FNO2S. The molecule has 90 valence electrons. The van der Waals surface area contributed by atoms with Crippen LogP contribution in [-0.4, -0.2) is 27.4 Å². The minimum Gasteiger partial charge on any atom is -0.481 e. The van der Waals surface area contributed by atoms with Crippen LogP contribution in [0.3, 0.4) is 0 Å². The number of aliphatic carboxylic acids is 1. The predicted octanol–water partition coefficient (Wildman–Crippen LogP) is 2.55. The molecule has 1 aromatic rings. The fourth-order valence-corrected chi connectivity index (χ4v) is 2.89. The lowest BCUT2D eigenvalue weighted by atomic mass is 10.0. The zero-order valence-electron chi connectivity index (χ0n) is 9.31. The normalized spacial score (nSPS) is 23.5. The molecule has 1 aromatic carbocycles. The first kappa shape index (κ1) is 12.1. The summed E-state index contributed by atoms with van der Waals surface area (Å²) in [4.78, 5) is 15.2. The molecule has 1 aliphatic rings. The molecule has 3 nitrogen and oxygen atoms in total. The molecule has 5 heteroatoms. The number of carboxylic acid groups (broad SMARTS) is 1. The van der Waals surface area contributed by atoms with Crippen molar-refractivity contribution in [1.82, 2.24) is 0 Å². The fourth-order valence-electron chi connectivity index (χ4n) is 1.69. The van der Waals surface area contributed by atoms with E-state index in [1.165, 1.54) is 23.9 Å². The van der Waals surface area contributed by atoms with Crippen LogP contribution in [-0.2, 0) is 4.79 Å². The van der Waals surface area contributed by atoms with Gasteiger partial charge in [0.1, 0.15) is 5.82 Å². The van der Waals surface area contributed by atoms with Crippen LogP contribution < -0.4 is 0 Å². The van der Waals surface area contributed by atoms with Gasteiger partial charge < -0.3 is 5.11 Å². The van der Waals surface area contributed by atoms with E-state index in [1.807, 2.05) is 6.92 Å². The Morgan fingerprint density at radius 1 is 1.53 bits per heavy atom. The molecule has 1 aliphatic heterocycles. The van der Waals surface area contributed by atoms with Crippen LogP contribution in [0.25, 0.3) is 0 Å². The Balaban J connectivity index is 2.21. The van der Waals surface area contributed by atoms with Gasteiger partial charge >= 0.3 is 5.97 Å². The monoisotopic (exact) mass is 253 g/mol. The van der Waals surface area contributed by atoms with Crippen molar-refractivity contribution < 1.29 is 14.3 Å². The Labute approximate surface area is 103 Å². The minimum absolute atomic E-state index is 0.0185. The highest BCUT2D eigenvalue weighted by molar-refractivity contribution is 8.14. The van der Waals surface area contributed by atoms with Crippen LogP contribution in [0.2, 0.25) is 0 Å². The van der Waals surface area contributed by atoms with Crippen molar-refractivity contribution in [3.63, 3.8) is 0 Å². The number of rotatable bonds is 3. The van der Waals surface area contributed by atoms with E-state index in [-0.39, 0.29) is 12.2 Å². The van der Waals surface area contributed by atoms with Crippen molar-refractivity contribution in [2.45, 2.75) is 18.9 Å². The summed E-state index contributed by atoms with van der Waals surface area (Å²) in [7, 11) is 0. The van der Waals surface area contributed by atoms with E-state index in [2.05, 4.69) is 4.99 Å². The maximum absolute atomic E-state index is 12.8. The Hall–Kier alpha value is -1.36. The minimum atomic E-state index is -0.850. The first-order valence-electron chi connectivity index (χ1n) is 5.19. The quantitative estimate of drug-likeness (QED) is 0.900. The van der Waals surface area contributed by atoms with Gasteiger partial charge in [0.25, 0.3) is 0 Å². The highest BCUT2D eigenvalue weighted by Gasteiger charge is 2.33. The van der Waals surface area contributed by atoms with Crippen LogP contribution in [0.4, 0.5) is 4.39 Å². The molecule has 17 heavy (non-hydrogen) atoms. The summed E-state index contributed by atoms with van der Waals surface area (Å²) < 4.78 is 12.8. The first-order valence-corrected chi connectivity index (χ1v) is 6.17. The van der Waals surface area contributed by atoms with Gasteiger partial charge in [0.15, 0.2) is 0 Å². The fraction of sp³-hybridized carbons (Fsp3) is 0.333. The van der Waals surface area contributed by atoms with Crippen LogP contribution in [0.1, 0.15) is 18.9 Å². The lowest BCUT2D eigenvalue weighted by Crippen LogP contribution is -2.25. The van der Waals surface area contributed by atoms with E-state index in [1.54, 1.807) is 12.1 Å². The lowest BCUT2D eigenvalue weighted by Gasteiger charge is -2.15. The van der Waals surface area contributed by atoms with Gasteiger partial charge in [-0.2, -0.15) is 0 Å². The van der Waals surface area contributed by atoms with Gasteiger partial charge in [-0.05, 0) is 31.2 Å². The summed E-state index contributed by atoms with van der Waals surface area (Å²) in [6.45, 7) is 1.82. The van der Waals surface area contributed by atoms with Crippen LogP contribution in [0, 0.1) is 5.82 Å². The highest BCUT2D eigenvalue weighted by Crippen LogP contribution is 2.33. The molecule has 1 N–H and O–H groups in total. The van der Waals surface area contributed by atoms with Crippen molar-refractivity contribution in [2.75, 3.05) is 5.75 Å². The third-order valence-electron chi connectivity index (χ3n) is 2.51. The van der Waals surface area contributed by atoms with Gasteiger partial charge in [0.05, 0.1) is 17.0 Å². The molecule has 0 saturated carbocycles. The van der Waals surface area contributed by atoms with Crippen LogP contribution >= 0.6 is 11.8 Å². The lowest BCUT2D eigenvalue weighted by molar-refractivity contribution is -0.138. The van der Waals surface area contributed by atoms with Gasteiger partial charge in [-0.15, -0.1) is 11.8 Å². The van der Waals surface area contributed by atoms with E-state index in [9.17, 15) is 9.18 Å². The average molecular weight is 253 g/mol. The topological polar surface area (TPSA) is 49.7 Å². The number of nitrogens with zero attached hydrogens (tertiary/aromatic N) is 1. The molecule has 0 radical (unpaired) electrons. The number of hydrogen-bond acceptors (Lipinski definition) is 3. The molecule has 0 aliphatic carbocycles. The van der Waals surface area contributed by atoms with Gasteiger partial charge in [0, 0.05) is 11.3 Å². The largest absolute Gasteiger partial charge is 0.481 e. The zero-order valence-corrected chi connectivity index (χ0v) is 10.1. The Morgan fingerprint density at radius 2 is 2.18 bits per heavy atom. The Kier molecular flexibility index (Phi) is 3.19. The van der Waals surface area contributed by atoms with E-state index >= 15 is 0 Å². The summed E-state index contributed by atoms with van der Waals surface area (Å²) in [5.74, 6) is -0.491. The van der Waals surface area contributed by atoms with E-state index in [0.29, 0.717) is 5.75 Å². The van der Waals surface area contributed by atoms with Crippen molar-refractivity contribution in [2.24, 2.45) is 4.99 Å². The van der Waals surface area contributed by atoms with E-state index in [4.69, 9.17) is 5.11 Å². The summed E-state index contributed by atoms with van der Waals surface area (Å²) >= 11 is 1.51. The molecule has 0 spiro atoms. The third kappa shape index (κ3) is 2.85. The summed E-state index contributed by atoms with van der Waals surface area (Å²) in [5, 5.41) is 9.59. The number of carbonyl (C=O) groups is 1. The zero-order chi connectivity index (χ0) is 12.5. The molecule has 0 saturated heterocycles. The van der Waals surface area contributed by atoms with Crippen molar-refractivity contribution in [3.8, 4) is 0 Å². The number of hydrogen-bond donors (Lipinski definition) is 1. The molecule has 2 rings (SSSR count). The molecule has 0 fully saturated rings. The highest BCUT2D eigenvalue weighted by atomic mass is 32.2. The van der Waals surface area contributed by atoms with Gasteiger partial charge in [-0.1, -0.05) is 0 Å². The van der Waals surface area contributed by atoms with E-state index in [0.717, 1.165) is 10.6 Å². The SMILES string of the molecule is CC1(CC(=O)O)CSC(c2ccc(F)cc2)=N1. The summed E-state index contributed by atoms with van der Waals surface area (Å²) in [6.07, 6.45) is 0.0185. The molecule has 1 unspecified atom stereocenters. The number of benzene rings is 1. The number of halogens is 1. The van der Waals surface area contributed by atoms with Gasteiger partial charge in [-0.3, -0.25) is 9.79 Å².